The van der Waals surface area contributed by atoms with Gasteiger partial charge in [0.25, 0.3) is 0 Å². The molecular weight excluding hydrogens is 236 g/mol. The Balaban J connectivity index is 1.59. The lowest BCUT2D eigenvalue weighted by molar-refractivity contribution is -0.139. The van der Waals surface area contributed by atoms with Crippen LogP contribution < -0.4 is 5.32 Å². The molecule has 19 heavy (non-hydrogen) atoms. The molecule has 0 spiro atoms. The zero-order valence-electron chi connectivity index (χ0n) is 12.1. The molecule has 1 atom stereocenters. The summed E-state index contributed by atoms with van der Waals surface area (Å²) < 4.78 is 0. The summed E-state index contributed by atoms with van der Waals surface area (Å²) in [5.41, 5.74) is 0. The Kier molecular flexibility index (Phi) is 4.42. The monoisotopic (exact) mass is 264 g/mol. The summed E-state index contributed by atoms with van der Waals surface area (Å²) >= 11 is 0. The molecule has 1 aliphatic heterocycles. The van der Waals surface area contributed by atoms with Crippen LogP contribution in [0, 0.1) is 0 Å². The first-order valence-corrected chi connectivity index (χ1v) is 8.41. The predicted octanol–water partition coefficient (Wildman–Crippen LogP) is 2.84. The average Bonchev–Trinajstić information content (AvgIpc) is 3.16. The second kappa shape index (κ2) is 6.25. The van der Waals surface area contributed by atoms with Crippen LogP contribution in [0.3, 0.4) is 0 Å². The highest BCUT2D eigenvalue weighted by Crippen LogP contribution is 2.27. The standard InChI is InChI=1S/C16H28N2O/c19-16-15(17-13-10-11-13)9-6-12-18(16)14-7-4-2-1-3-5-8-14/h13-15,17H,1-12H2. The molecule has 3 fully saturated rings. The van der Waals surface area contributed by atoms with Gasteiger partial charge in [0.1, 0.15) is 0 Å². The number of rotatable bonds is 3. The highest BCUT2D eigenvalue weighted by Gasteiger charge is 2.35. The maximum Gasteiger partial charge on any atom is 0.239 e. The number of amides is 1. The van der Waals surface area contributed by atoms with Crippen molar-refractivity contribution in [3.8, 4) is 0 Å². The van der Waals surface area contributed by atoms with Gasteiger partial charge in [-0.05, 0) is 38.5 Å². The molecule has 1 amide bonds. The first-order chi connectivity index (χ1) is 9.34. The molecule has 0 radical (unpaired) electrons. The van der Waals surface area contributed by atoms with Crippen LogP contribution in [0.25, 0.3) is 0 Å². The van der Waals surface area contributed by atoms with Crippen molar-refractivity contribution in [2.45, 2.75) is 88.8 Å². The van der Waals surface area contributed by atoms with E-state index in [9.17, 15) is 4.79 Å². The molecule has 2 saturated carbocycles. The second-order valence-corrected chi connectivity index (χ2v) is 6.67. The molecule has 3 rings (SSSR count). The fourth-order valence-electron chi connectivity index (χ4n) is 3.70. The highest BCUT2D eigenvalue weighted by atomic mass is 16.2. The van der Waals surface area contributed by atoms with Crippen molar-refractivity contribution < 1.29 is 4.79 Å². The Morgan fingerprint density at radius 1 is 0.842 bits per heavy atom. The van der Waals surface area contributed by atoms with Crippen LogP contribution >= 0.6 is 0 Å². The van der Waals surface area contributed by atoms with Crippen molar-refractivity contribution in [1.29, 1.82) is 0 Å². The van der Waals surface area contributed by atoms with Crippen LogP contribution in [0.1, 0.15) is 70.6 Å². The van der Waals surface area contributed by atoms with E-state index in [0.717, 1.165) is 13.0 Å². The van der Waals surface area contributed by atoms with Crippen LogP contribution in [0.15, 0.2) is 0 Å². The number of carbonyl (C=O) groups is 1. The fraction of sp³-hybridized carbons (Fsp3) is 0.938. The van der Waals surface area contributed by atoms with Gasteiger partial charge in [0.15, 0.2) is 0 Å². The van der Waals surface area contributed by atoms with E-state index in [1.54, 1.807) is 0 Å². The van der Waals surface area contributed by atoms with Crippen LogP contribution in [0.2, 0.25) is 0 Å². The van der Waals surface area contributed by atoms with Gasteiger partial charge in [0, 0.05) is 18.6 Å². The number of nitrogens with zero attached hydrogens (tertiary/aromatic N) is 1. The third-order valence-electron chi connectivity index (χ3n) is 5.00. The Morgan fingerprint density at radius 2 is 1.53 bits per heavy atom. The lowest BCUT2D eigenvalue weighted by Gasteiger charge is -2.39. The Labute approximate surface area is 117 Å². The summed E-state index contributed by atoms with van der Waals surface area (Å²) in [7, 11) is 0. The van der Waals surface area contributed by atoms with Crippen LogP contribution in [0.4, 0.5) is 0 Å². The molecule has 3 heteroatoms. The molecule has 1 heterocycles. The number of nitrogens with one attached hydrogen (secondary N) is 1. The van der Waals surface area contributed by atoms with Crippen LogP contribution in [-0.4, -0.2) is 35.5 Å². The van der Waals surface area contributed by atoms with E-state index in [1.807, 2.05) is 0 Å². The number of piperidine rings is 1. The third kappa shape index (κ3) is 3.50. The minimum atomic E-state index is 0.131. The van der Waals surface area contributed by atoms with Gasteiger partial charge in [-0.2, -0.15) is 0 Å². The molecule has 3 nitrogen and oxygen atoms in total. The third-order valence-corrected chi connectivity index (χ3v) is 5.00. The Morgan fingerprint density at radius 3 is 2.21 bits per heavy atom. The minimum Gasteiger partial charge on any atom is -0.338 e. The number of likely N-dealkylation sites (tertiary alicyclic amines) is 1. The molecule has 1 unspecified atom stereocenters. The second-order valence-electron chi connectivity index (χ2n) is 6.67. The van der Waals surface area contributed by atoms with Crippen molar-refractivity contribution in [3.63, 3.8) is 0 Å². The zero-order chi connectivity index (χ0) is 13.1. The highest BCUT2D eigenvalue weighted by molar-refractivity contribution is 5.83. The van der Waals surface area contributed by atoms with Gasteiger partial charge in [-0.3, -0.25) is 4.79 Å². The zero-order valence-corrected chi connectivity index (χ0v) is 12.1. The van der Waals surface area contributed by atoms with Crippen molar-refractivity contribution in [2.24, 2.45) is 0 Å². The minimum absolute atomic E-state index is 0.131. The molecular formula is C16H28N2O. The summed E-state index contributed by atoms with van der Waals surface area (Å²) in [6.07, 6.45) is 14.0. The number of carbonyl (C=O) groups excluding carboxylic acids is 1. The SMILES string of the molecule is O=C1C(NC2CC2)CCCN1C1CCCCCCC1. The quantitative estimate of drug-likeness (QED) is 0.850. The van der Waals surface area contributed by atoms with Gasteiger partial charge < -0.3 is 10.2 Å². The predicted molar refractivity (Wildman–Crippen MR) is 77.0 cm³/mol. The van der Waals surface area contributed by atoms with E-state index >= 15 is 0 Å². The van der Waals surface area contributed by atoms with E-state index in [1.165, 1.54) is 64.2 Å². The maximum atomic E-state index is 12.6. The molecule has 2 aliphatic carbocycles. The summed E-state index contributed by atoms with van der Waals surface area (Å²) in [5, 5.41) is 3.55. The first kappa shape index (κ1) is 13.4. The molecule has 0 aromatic heterocycles. The van der Waals surface area contributed by atoms with E-state index in [2.05, 4.69) is 10.2 Å². The summed E-state index contributed by atoms with van der Waals surface area (Å²) in [4.78, 5) is 14.9. The summed E-state index contributed by atoms with van der Waals surface area (Å²) in [5.74, 6) is 0.406. The van der Waals surface area contributed by atoms with Gasteiger partial charge in [-0.25, -0.2) is 0 Å². The number of hydrogen-bond donors (Lipinski definition) is 1. The smallest absolute Gasteiger partial charge is 0.239 e. The normalized spacial score (nSPS) is 31.1. The Hall–Kier alpha value is -0.570. The molecule has 0 aromatic rings. The van der Waals surface area contributed by atoms with Crippen molar-refractivity contribution in [1.82, 2.24) is 10.2 Å². The Bertz CT molecular complexity index is 306. The lowest BCUT2D eigenvalue weighted by Crippen LogP contribution is -2.54. The first-order valence-electron chi connectivity index (χ1n) is 8.41. The summed E-state index contributed by atoms with van der Waals surface area (Å²) in [6.45, 7) is 1.01. The summed E-state index contributed by atoms with van der Waals surface area (Å²) in [6, 6.07) is 1.31. The van der Waals surface area contributed by atoms with E-state index in [-0.39, 0.29) is 6.04 Å². The molecule has 1 N–H and O–H groups in total. The van der Waals surface area contributed by atoms with Crippen LogP contribution in [-0.2, 0) is 4.79 Å². The maximum absolute atomic E-state index is 12.6. The largest absolute Gasteiger partial charge is 0.338 e. The topological polar surface area (TPSA) is 32.3 Å². The van der Waals surface area contributed by atoms with E-state index < -0.39 is 0 Å². The molecule has 108 valence electrons. The van der Waals surface area contributed by atoms with Crippen molar-refractivity contribution in [3.05, 3.63) is 0 Å². The molecule has 0 bridgehead atoms. The molecule has 0 aromatic carbocycles. The number of hydrogen-bond acceptors (Lipinski definition) is 2. The van der Waals surface area contributed by atoms with Gasteiger partial charge in [0.05, 0.1) is 6.04 Å². The van der Waals surface area contributed by atoms with E-state index in [0.29, 0.717) is 18.0 Å². The van der Waals surface area contributed by atoms with E-state index in [4.69, 9.17) is 0 Å². The van der Waals surface area contributed by atoms with Crippen LogP contribution in [0.5, 0.6) is 0 Å². The van der Waals surface area contributed by atoms with Crippen molar-refractivity contribution in [2.75, 3.05) is 6.54 Å². The van der Waals surface area contributed by atoms with Crippen molar-refractivity contribution >= 4 is 5.91 Å². The van der Waals surface area contributed by atoms with Gasteiger partial charge in [-0.1, -0.05) is 32.1 Å². The average molecular weight is 264 g/mol. The molecule has 3 aliphatic rings. The lowest BCUT2D eigenvalue weighted by atomic mass is 9.93. The fourth-order valence-corrected chi connectivity index (χ4v) is 3.70. The van der Waals surface area contributed by atoms with Gasteiger partial charge in [0.2, 0.25) is 5.91 Å². The van der Waals surface area contributed by atoms with Gasteiger partial charge in [-0.15, -0.1) is 0 Å². The molecule has 1 saturated heterocycles. The van der Waals surface area contributed by atoms with Gasteiger partial charge >= 0.3 is 0 Å².